The number of nitrogens with zero attached hydrogens (tertiary/aromatic N) is 2. The van der Waals surface area contributed by atoms with Crippen molar-refractivity contribution in [3.05, 3.63) is 106 Å². The normalized spacial score (nSPS) is 11.1. The summed E-state index contributed by atoms with van der Waals surface area (Å²) in [5.74, 6) is 1.27. The number of aromatic nitrogens is 2. The maximum Gasteiger partial charge on any atom is 0.146 e. The fourth-order valence-corrected chi connectivity index (χ4v) is 3.80. The predicted molar refractivity (Wildman–Crippen MR) is 123 cm³/mol. The molecule has 0 aliphatic carbocycles. The van der Waals surface area contributed by atoms with E-state index in [2.05, 4.69) is 0 Å². The van der Waals surface area contributed by atoms with Crippen molar-refractivity contribution in [1.82, 2.24) is 9.97 Å². The molecule has 0 aliphatic rings. The van der Waals surface area contributed by atoms with Crippen molar-refractivity contribution in [3.63, 3.8) is 0 Å². The number of ether oxygens (including phenoxy) is 1. The Hall–Kier alpha value is -3.14. The lowest BCUT2D eigenvalue weighted by Gasteiger charge is -2.14. The zero-order chi connectivity index (χ0) is 20.5. The second-order valence-corrected chi connectivity index (χ2v) is 7.78. The molecule has 146 valence electrons. The molecule has 0 atom stereocenters. The highest BCUT2D eigenvalue weighted by atomic mass is 35.5. The Morgan fingerprint density at radius 2 is 1.17 bits per heavy atom. The number of fused-ring (bicyclic) bond motifs is 2. The zero-order valence-electron chi connectivity index (χ0n) is 15.8. The first-order valence-corrected chi connectivity index (χ1v) is 10.3. The van der Waals surface area contributed by atoms with Gasteiger partial charge in [-0.1, -0.05) is 65.7 Å². The fourth-order valence-electron chi connectivity index (χ4n) is 3.42. The molecule has 0 saturated heterocycles. The molecule has 1 heterocycles. The second kappa shape index (κ2) is 7.94. The van der Waals surface area contributed by atoms with Gasteiger partial charge in [-0.3, -0.25) is 0 Å². The molecular formula is C25H16Cl2N2O. The van der Waals surface area contributed by atoms with Crippen LogP contribution in [0.25, 0.3) is 22.1 Å². The van der Waals surface area contributed by atoms with Crippen LogP contribution in [0.5, 0.6) is 11.5 Å². The molecule has 0 saturated carbocycles. The van der Waals surface area contributed by atoms with E-state index in [1.807, 2.05) is 78.9 Å². The fraction of sp³-hybridized carbons (Fsp3) is 0.0400. The molecule has 5 aromatic rings. The summed E-state index contributed by atoms with van der Waals surface area (Å²) >= 11 is 12.8. The Bertz CT molecular complexity index is 1280. The van der Waals surface area contributed by atoms with Crippen LogP contribution in [0.15, 0.2) is 84.9 Å². The highest BCUT2D eigenvalue weighted by molar-refractivity contribution is 6.32. The van der Waals surface area contributed by atoms with E-state index in [4.69, 9.17) is 37.9 Å². The molecule has 1 aromatic heterocycles. The topological polar surface area (TPSA) is 35.0 Å². The number of hydrogen-bond donors (Lipinski definition) is 0. The lowest BCUT2D eigenvalue weighted by atomic mass is 10.0. The molecule has 0 bridgehead atoms. The van der Waals surface area contributed by atoms with Crippen molar-refractivity contribution in [3.8, 4) is 11.5 Å². The number of hydrogen-bond acceptors (Lipinski definition) is 3. The van der Waals surface area contributed by atoms with E-state index in [-0.39, 0.29) is 0 Å². The molecule has 0 aliphatic heterocycles. The van der Waals surface area contributed by atoms with Crippen LogP contribution in [0, 0.1) is 0 Å². The van der Waals surface area contributed by atoms with Gasteiger partial charge in [-0.2, -0.15) is 0 Å². The van der Waals surface area contributed by atoms with Gasteiger partial charge in [-0.05, 0) is 42.0 Å². The third kappa shape index (κ3) is 3.70. The third-order valence-corrected chi connectivity index (χ3v) is 5.60. The second-order valence-electron chi connectivity index (χ2n) is 6.96. The standard InChI is InChI=1S/C25H16Cl2N2O/c26-18-8-2-1-7-16(18)13-17-14-22-23(29-21-11-5-4-10-20(21)28-22)15-25(17)30-24-12-6-3-9-19(24)27/h1-12,14-15H,13H2. The quantitative estimate of drug-likeness (QED) is 0.277. The molecule has 5 rings (SSSR count). The van der Waals surface area contributed by atoms with E-state index in [0.29, 0.717) is 28.0 Å². The lowest BCUT2D eigenvalue weighted by molar-refractivity contribution is 0.478. The van der Waals surface area contributed by atoms with Crippen molar-refractivity contribution in [2.45, 2.75) is 6.42 Å². The van der Waals surface area contributed by atoms with Crippen LogP contribution in [0.3, 0.4) is 0 Å². The molecule has 5 heteroatoms. The maximum atomic E-state index is 6.42. The van der Waals surface area contributed by atoms with Crippen molar-refractivity contribution < 1.29 is 4.74 Å². The zero-order valence-corrected chi connectivity index (χ0v) is 17.4. The molecule has 3 nitrogen and oxygen atoms in total. The number of halogens is 2. The van der Waals surface area contributed by atoms with E-state index in [9.17, 15) is 0 Å². The monoisotopic (exact) mass is 430 g/mol. The molecule has 30 heavy (non-hydrogen) atoms. The Morgan fingerprint density at radius 1 is 0.567 bits per heavy atom. The molecule has 0 unspecified atom stereocenters. The lowest BCUT2D eigenvalue weighted by Crippen LogP contribution is -1.97. The summed E-state index contributed by atoms with van der Waals surface area (Å²) < 4.78 is 6.23. The van der Waals surface area contributed by atoms with E-state index < -0.39 is 0 Å². The van der Waals surface area contributed by atoms with Gasteiger partial charge in [0.1, 0.15) is 11.5 Å². The Balaban J connectivity index is 1.68. The molecule has 4 aromatic carbocycles. The first kappa shape index (κ1) is 18.9. The van der Waals surface area contributed by atoms with Crippen LogP contribution in [0.4, 0.5) is 0 Å². The van der Waals surface area contributed by atoms with Crippen LogP contribution in [-0.4, -0.2) is 9.97 Å². The SMILES string of the molecule is Clc1ccccc1Cc1cc2nc3ccccc3nc2cc1Oc1ccccc1Cl. The van der Waals surface area contributed by atoms with Gasteiger partial charge in [0, 0.05) is 23.1 Å². The van der Waals surface area contributed by atoms with Crippen LogP contribution in [0.2, 0.25) is 10.0 Å². The molecule has 0 spiro atoms. The maximum absolute atomic E-state index is 6.42. The van der Waals surface area contributed by atoms with Crippen molar-refractivity contribution in [1.29, 1.82) is 0 Å². The molecule has 0 fully saturated rings. The minimum Gasteiger partial charge on any atom is -0.455 e. The predicted octanol–water partition coefficient (Wildman–Crippen LogP) is 7.47. The Kier molecular flexibility index (Phi) is 4.99. The summed E-state index contributed by atoms with van der Waals surface area (Å²) in [6.45, 7) is 0. The van der Waals surface area contributed by atoms with Gasteiger partial charge in [0.05, 0.1) is 27.1 Å². The largest absolute Gasteiger partial charge is 0.455 e. The van der Waals surface area contributed by atoms with Crippen molar-refractivity contribution in [2.24, 2.45) is 0 Å². The van der Waals surface area contributed by atoms with E-state index in [1.165, 1.54) is 0 Å². The summed E-state index contributed by atoms with van der Waals surface area (Å²) in [5, 5.41) is 1.26. The minimum absolute atomic E-state index is 0.547. The van der Waals surface area contributed by atoms with Gasteiger partial charge < -0.3 is 4.74 Å². The van der Waals surface area contributed by atoms with Gasteiger partial charge in [-0.25, -0.2) is 9.97 Å². The molecule has 0 amide bonds. The van der Waals surface area contributed by atoms with Crippen LogP contribution in [-0.2, 0) is 6.42 Å². The first-order chi connectivity index (χ1) is 14.7. The van der Waals surface area contributed by atoms with Crippen LogP contribution < -0.4 is 4.74 Å². The van der Waals surface area contributed by atoms with Gasteiger partial charge >= 0.3 is 0 Å². The van der Waals surface area contributed by atoms with Gasteiger partial charge in [0.2, 0.25) is 0 Å². The number of rotatable bonds is 4. The van der Waals surface area contributed by atoms with E-state index in [1.54, 1.807) is 6.07 Å². The summed E-state index contributed by atoms with van der Waals surface area (Å²) in [5.41, 5.74) is 5.23. The highest BCUT2D eigenvalue weighted by Crippen LogP contribution is 2.35. The number of benzene rings is 4. The highest BCUT2D eigenvalue weighted by Gasteiger charge is 2.14. The van der Waals surface area contributed by atoms with E-state index in [0.717, 1.165) is 33.2 Å². The number of para-hydroxylation sites is 3. The Labute approximate surface area is 183 Å². The summed E-state index contributed by atoms with van der Waals surface area (Å²) in [6, 6.07) is 27.0. The Morgan fingerprint density at radius 3 is 1.87 bits per heavy atom. The van der Waals surface area contributed by atoms with Crippen molar-refractivity contribution in [2.75, 3.05) is 0 Å². The third-order valence-electron chi connectivity index (χ3n) is 4.92. The minimum atomic E-state index is 0.547. The average Bonchev–Trinajstić information content (AvgIpc) is 2.76. The van der Waals surface area contributed by atoms with E-state index >= 15 is 0 Å². The van der Waals surface area contributed by atoms with Gasteiger partial charge in [-0.15, -0.1) is 0 Å². The van der Waals surface area contributed by atoms with Gasteiger partial charge in [0.15, 0.2) is 0 Å². The summed E-state index contributed by atoms with van der Waals surface area (Å²) in [7, 11) is 0. The molecule has 0 N–H and O–H groups in total. The molecule has 0 radical (unpaired) electrons. The van der Waals surface area contributed by atoms with Crippen molar-refractivity contribution >= 4 is 45.3 Å². The first-order valence-electron chi connectivity index (χ1n) is 9.52. The van der Waals surface area contributed by atoms with Gasteiger partial charge in [0.25, 0.3) is 0 Å². The van der Waals surface area contributed by atoms with Crippen LogP contribution in [0.1, 0.15) is 11.1 Å². The molecular weight excluding hydrogens is 415 g/mol. The van der Waals surface area contributed by atoms with Crippen LogP contribution >= 0.6 is 23.2 Å². The average molecular weight is 431 g/mol. The summed E-state index contributed by atoms with van der Waals surface area (Å²) in [6.07, 6.45) is 0.601. The summed E-state index contributed by atoms with van der Waals surface area (Å²) in [4.78, 5) is 9.56. The smallest absolute Gasteiger partial charge is 0.146 e.